The summed E-state index contributed by atoms with van der Waals surface area (Å²) in [5.41, 5.74) is -0.658. The van der Waals surface area contributed by atoms with Crippen molar-refractivity contribution in [1.82, 2.24) is 10.2 Å². The molecule has 2 amide bonds. The van der Waals surface area contributed by atoms with Gasteiger partial charge in [-0.2, -0.15) is 0 Å². The SMILES string of the molecule is CC(C)(C)OC(=O)N[C@H]1CCC=C[C@H]2CC[C@@H](C(=O)O)N2C1=O. The smallest absolute Gasteiger partial charge is 0.408 e. The van der Waals surface area contributed by atoms with Crippen LogP contribution >= 0.6 is 0 Å². The average molecular weight is 324 g/mol. The van der Waals surface area contributed by atoms with Crippen molar-refractivity contribution in [1.29, 1.82) is 0 Å². The maximum atomic E-state index is 12.8. The third-order valence-electron chi connectivity index (χ3n) is 3.94. The van der Waals surface area contributed by atoms with Crippen molar-refractivity contribution in [2.45, 2.75) is 70.2 Å². The largest absolute Gasteiger partial charge is 0.480 e. The van der Waals surface area contributed by atoms with E-state index in [1.54, 1.807) is 20.8 Å². The number of carbonyl (C=O) groups excluding carboxylic acids is 2. The Morgan fingerprint density at radius 1 is 1.30 bits per heavy atom. The minimum absolute atomic E-state index is 0.216. The number of carbonyl (C=O) groups is 3. The zero-order valence-electron chi connectivity index (χ0n) is 13.7. The van der Waals surface area contributed by atoms with Crippen LogP contribution in [0.5, 0.6) is 0 Å². The molecule has 1 fully saturated rings. The van der Waals surface area contributed by atoms with Crippen molar-refractivity contribution in [2.24, 2.45) is 0 Å². The number of rotatable bonds is 2. The van der Waals surface area contributed by atoms with E-state index in [1.165, 1.54) is 4.90 Å². The molecule has 3 atom stereocenters. The van der Waals surface area contributed by atoms with Gasteiger partial charge in [0.2, 0.25) is 5.91 Å². The second-order valence-corrected chi connectivity index (χ2v) is 6.95. The van der Waals surface area contributed by atoms with Gasteiger partial charge in [0.25, 0.3) is 0 Å². The van der Waals surface area contributed by atoms with E-state index < -0.39 is 29.7 Å². The zero-order valence-corrected chi connectivity index (χ0v) is 13.7. The Hall–Kier alpha value is -2.05. The van der Waals surface area contributed by atoms with Gasteiger partial charge in [-0.3, -0.25) is 4.79 Å². The number of amides is 2. The summed E-state index contributed by atoms with van der Waals surface area (Å²) >= 11 is 0. The van der Waals surface area contributed by atoms with Gasteiger partial charge in [0.1, 0.15) is 17.7 Å². The molecule has 0 bridgehead atoms. The normalized spacial score (nSPS) is 27.9. The molecule has 2 aliphatic rings. The molecule has 0 saturated carbocycles. The highest BCUT2D eigenvalue weighted by Gasteiger charge is 2.43. The van der Waals surface area contributed by atoms with Crippen LogP contribution in [0.4, 0.5) is 4.79 Å². The van der Waals surface area contributed by atoms with Gasteiger partial charge in [-0.1, -0.05) is 12.2 Å². The van der Waals surface area contributed by atoms with Crippen molar-refractivity contribution in [2.75, 3.05) is 0 Å². The molecular weight excluding hydrogens is 300 g/mol. The summed E-state index contributed by atoms with van der Waals surface area (Å²) in [6.07, 6.45) is 5.29. The molecule has 0 aromatic heterocycles. The summed E-state index contributed by atoms with van der Waals surface area (Å²) in [4.78, 5) is 37.5. The minimum Gasteiger partial charge on any atom is -0.480 e. The van der Waals surface area contributed by atoms with E-state index in [-0.39, 0.29) is 11.9 Å². The first kappa shape index (κ1) is 17.3. The topological polar surface area (TPSA) is 95.9 Å². The van der Waals surface area contributed by atoms with E-state index in [0.29, 0.717) is 25.7 Å². The lowest BCUT2D eigenvalue weighted by Crippen LogP contribution is -2.54. The lowest BCUT2D eigenvalue weighted by molar-refractivity contribution is -0.150. The molecule has 128 valence electrons. The number of allylic oxidation sites excluding steroid dienone is 1. The Labute approximate surface area is 135 Å². The van der Waals surface area contributed by atoms with E-state index in [9.17, 15) is 19.5 Å². The lowest BCUT2D eigenvalue weighted by Gasteiger charge is -2.32. The Morgan fingerprint density at radius 2 is 2.00 bits per heavy atom. The maximum Gasteiger partial charge on any atom is 0.408 e. The van der Waals surface area contributed by atoms with Gasteiger partial charge < -0.3 is 20.1 Å². The van der Waals surface area contributed by atoms with Crippen molar-refractivity contribution >= 4 is 18.0 Å². The monoisotopic (exact) mass is 324 g/mol. The van der Waals surface area contributed by atoms with Crippen LogP contribution in [0.15, 0.2) is 12.2 Å². The third-order valence-corrected chi connectivity index (χ3v) is 3.94. The quantitative estimate of drug-likeness (QED) is 0.753. The first-order valence-electron chi connectivity index (χ1n) is 7.90. The molecule has 0 aliphatic carbocycles. The predicted molar refractivity (Wildman–Crippen MR) is 82.8 cm³/mol. The Bertz CT molecular complexity index is 523. The first-order chi connectivity index (χ1) is 10.7. The number of carboxylic acids is 1. The van der Waals surface area contributed by atoms with Gasteiger partial charge >= 0.3 is 12.1 Å². The van der Waals surface area contributed by atoms with Crippen LogP contribution in [0.3, 0.4) is 0 Å². The van der Waals surface area contributed by atoms with E-state index in [1.807, 2.05) is 12.2 Å². The molecule has 2 aliphatic heterocycles. The first-order valence-corrected chi connectivity index (χ1v) is 7.90. The van der Waals surface area contributed by atoms with Crippen LogP contribution in [0, 0.1) is 0 Å². The summed E-state index contributed by atoms with van der Waals surface area (Å²) in [5, 5.41) is 11.9. The third kappa shape index (κ3) is 4.24. The van der Waals surface area contributed by atoms with Gasteiger partial charge in [0.15, 0.2) is 0 Å². The maximum absolute atomic E-state index is 12.8. The van der Waals surface area contributed by atoms with Crippen molar-refractivity contribution in [3.63, 3.8) is 0 Å². The van der Waals surface area contributed by atoms with Gasteiger partial charge in [0, 0.05) is 0 Å². The minimum atomic E-state index is -1.01. The number of nitrogens with zero attached hydrogens (tertiary/aromatic N) is 1. The Kier molecular flexibility index (Phi) is 4.97. The summed E-state index contributed by atoms with van der Waals surface area (Å²) in [7, 11) is 0. The van der Waals surface area contributed by atoms with Gasteiger partial charge in [0.05, 0.1) is 6.04 Å². The summed E-state index contributed by atoms with van der Waals surface area (Å²) in [6.45, 7) is 5.23. The number of aliphatic carboxylic acids is 1. The highest BCUT2D eigenvalue weighted by atomic mass is 16.6. The Balaban J connectivity index is 2.14. The van der Waals surface area contributed by atoms with E-state index in [0.717, 1.165) is 0 Å². The molecule has 0 spiro atoms. The van der Waals surface area contributed by atoms with Gasteiger partial charge in [-0.15, -0.1) is 0 Å². The number of alkyl carbamates (subject to hydrolysis) is 1. The number of hydrogen-bond acceptors (Lipinski definition) is 4. The van der Waals surface area contributed by atoms with Crippen LogP contribution in [0.25, 0.3) is 0 Å². The number of nitrogens with one attached hydrogen (secondary N) is 1. The Morgan fingerprint density at radius 3 is 2.61 bits per heavy atom. The molecule has 0 radical (unpaired) electrons. The fourth-order valence-corrected chi connectivity index (χ4v) is 2.99. The van der Waals surface area contributed by atoms with E-state index in [4.69, 9.17) is 4.74 Å². The molecule has 23 heavy (non-hydrogen) atoms. The number of carboxylic acid groups (broad SMARTS) is 1. The van der Waals surface area contributed by atoms with Crippen LogP contribution in [-0.2, 0) is 14.3 Å². The molecule has 2 heterocycles. The van der Waals surface area contributed by atoms with Crippen molar-refractivity contribution in [3.8, 4) is 0 Å². The highest BCUT2D eigenvalue weighted by Crippen LogP contribution is 2.28. The van der Waals surface area contributed by atoms with Crippen LogP contribution in [-0.4, -0.2) is 51.7 Å². The molecule has 0 unspecified atom stereocenters. The van der Waals surface area contributed by atoms with Crippen LogP contribution in [0.2, 0.25) is 0 Å². The number of hydrogen-bond donors (Lipinski definition) is 2. The summed E-state index contributed by atoms with van der Waals surface area (Å²) in [5.74, 6) is -1.36. The molecular formula is C16H24N2O5. The zero-order chi connectivity index (χ0) is 17.2. The fourth-order valence-electron chi connectivity index (χ4n) is 2.99. The van der Waals surface area contributed by atoms with E-state index in [2.05, 4.69) is 5.32 Å². The number of fused-ring (bicyclic) bond motifs is 1. The molecule has 2 rings (SSSR count). The van der Waals surface area contributed by atoms with Crippen molar-refractivity contribution < 1.29 is 24.2 Å². The second kappa shape index (κ2) is 6.60. The van der Waals surface area contributed by atoms with Gasteiger partial charge in [-0.25, -0.2) is 9.59 Å². The molecule has 0 aromatic carbocycles. The standard InChI is InChI=1S/C16H24N2O5/c1-16(2,3)23-15(22)17-11-7-5-4-6-10-8-9-12(14(20)21)18(10)13(11)19/h4,6,10-12H,5,7-9H2,1-3H3,(H,17,22)(H,20,21)/t10-,11-,12-/m0/s1. The highest BCUT2D eigenvalue weighted by molar-refractivity contribution is 5.90. The number of ether oxygens (including phenoxy) is 1. The lowest BCUT2D eigenvalue weighted by atomic mass is 10.0. The molecule has 2 N–H and O–H groups in total. The van der Waals surface area contributed by atoms with Crippen LogP contribution in [0.1, 0.15) is 46.5 Å². The molecule has 7 heteroatoms. The fraction of sp³-hybridized carbons (Fsp3) is 0.688. The van der Waals surface area contributed by atoms with Crippen molar-refractivity contribution in [3.05, 3.63) is 12.2 Å². The average Bonchev–Trinajstić information content (AvgIpc) is 2.81. The summed E-state index contributed by atoms with van der Waals surface area (Å²) in [6, 6.07) is -1.82. The molecule has 7 nitrogen and oxygen atoms in total. The summed E-state index contributed by atoms with van der Waals surface area (Å²) < 4.78 is 5.19. The van der Waals surface area contributed by atoms with Crippen LogP contribution < -0.4 is 5.32 Å². The second-order valence-electron chi connectivity index (χ2n) is 6.95. The van der Waals surface area contributed by atoms with Gasteiger partial charge in [-0.05, 0) is 46.5 Å². The van der Waals surface area contributed by atoms with E-state index >= 15 is 0 Å². The predicted octanol–water partition coefficient (Wildman–Crippen LogP) is 1.67. The molecule has 0 aromatic rings. The molecule has 1 saturated heterocycles.